The Morgan fingerprint density at radius 2 is 1.96 bits per heavy atom. The molecule has 1 aliphatic heterocycles. The largest absolute Gasteiger partial charge is 0.492 e. The average molecular weight is 358 g/mol. The van der Waals surface area contributed by atoms with Crippen LogP contribution in [0.1, 0.15) is 12.5 Å². The number of carbonyl (C=O) groups is 1. The van der Waals surface area contributed by atoms with Crippen molar-refractivity contribution in [2.45, 2.75) is 13.5 Å². The van der Waals surface area contributed by atoms with Crippen molar-refractivity contribution in [3.63, 3.8) is 0 Å². The number of hydrogen-bond donors (Lipinski definition) is 2. The molecule has 0 unspecified atom stereocenters. The SMILES string of the molecule is CCOc1ccccc1NC(=O)N1CC[NH+](Cc2cccc(F)c2)CC1. The Kier molecular flexibility index (Phi) is 6.07. The lowest BCUT2D eigenvalue weighted by Gasteiger charge is -2.32. The van der Waals surface area contributed by atoms with Gasteiger partial charge in [-0.05, 0) is 31.2 Å². The maximum atomic E-state index is 13.3. The van der Waals surface area contributed by atoms with Crippen LogP contribution in [0.25, 0.3) is 0 Å². The molecule has 1 saturated heterocycles. The minimum atomic E-state index is -0.201. The lowest BCUT2D eigenvalue weighted by atomic mass is 10.2. The molecule has 0 aromatic heterocycles. The first-order chi connectivity index (χ1) is 12.7. The molecule has 2 amide bonds. The van der Waals surface area contributed by atoms with E-state index in [1.165, 1.54) is 11.0 Å². The third-order valence-electron chi connectivity index (χ3n) is 4.53. The maximum Gasteiger partial charge on any atom is 0.322 e. The second-order valence-electron chi connectivity index (χ2n) is 6.40. The number of rotatable bonds is 5. The van der Waals surface area contributed by atoms with Gasteiger partial charge >= 0.3 is 6.03 Å². The number of nitrogens with zero attached hydrogens (tertiary/aromatic N) is 1. The smallest absolute Gasteiger partial charge is 0.322 e. The van der Waals surface area contributed by atoms with Crippen LogP contribution < -0.4 is 15.0 Å². The molecule has 2 N–H and O–H groups in total. The molecule has 0 spiro atoms. The summed E-state index contributed by atoms with van der Waals surface area (Å²) in [6, 6.07) is 14.1. The van der Waals surface area contributed by atoms with Crippen molar-refractivity contribution in [1.29, 1.82) is 0 Å². The van der Waals surface area contributed by atoms with Gasteiger partial charge < -0.3 is 19.9 Å². The molecule has 3 rings (SSSR count). The zero-order chi connectivity index (χ0) is 18.4. The zero-order valence-corrected chi connectivity index (χ0v) is 15.0. The Morgan fingerprint density at radius 3 is 2.69 bits per heavy atom. The number of urea groups is 1. The number of anilines is 1. The predicted octanol–water partition coefficient (Wildman–Crippen LogP) is 2.16. The highest BCUT2D eigenvalue weighted by molar-refractivity contribution is 5.91. The Morgan fingerprint density at radius 1 is 1.19 bits per heavy atom. The molecule has 6 heteroatoms. The standard InChI is InChI=1S/C20H24FN3O2/c1-2-26-19-9-4-3-8-18(19)22-20(25)24-12-10-23(11-13-24)15-16-6-5-7-17(21)14-16/h3-9,14H,2,10-13,15H2,1H3,(H,22,25)/p+1. The lowest BCUT2D eigenvalue weighted by molar-refractivity contribution is -0.917. The molecule has 2 aromatic rings. The fourth-order valence-electron chi connectivity index (χ4n) is 3.18. The van der Waals surface area contributed by atoms with Gasteiger partial charge in [0, 0.05) is 5.56 Å². The van der Waals surface area contributed by atoms with E-state index in [1.807, 2.05) is 42.2 Å². The molecule has 0 atom stereocenters. The number of benzene rings is 2. The van der Waals surface area contributed by atoms with Crippen LogP contribution in [-0.4, -0.2) is 43.7 Å². The van der Waals surface area contributed by atoms with Crippen molar-refractivity contribution in [1.82, 2.24) is 4.90 Å². The maximum absolute atomic E-state index is 13.3. The first-order valence-electron chi connectivity index (χ1n) is 9.01. The van der Waals surface area contributed by atoms with E-state index < -0.39 is 0 Å². The Hall–Kier alpha value is -2.60. The summed E-state index contributed by atoms with van der Waals surface area (Å²) in [6.45, 7) is 6.28. The molecule has 0 radical (unpaired) electrons. The zero-order valence-electron chi connectivity index (χ0n) is 15.0. The molecule has 138 valence electrons. The quantitative estimate of drug-likeness (QED) is 0.860. The number of carbonyl (C=O) groups excluding carboxylic acids is 1. The van der Waals surface area contributed by atoms with Gasteiger partial charge in [0.05, 0.1) is 38.5 Å². The van der Waals surface area contributed by atoms with E-state index in [4.69, 9.17) is 4.74 Å². The molecular weight excluding hydrogens is 333 g/mol. The number of hydrogen-bond acceptors (Lipinski definition) is 2. The summed E-state index contributed by atoms with van der Waals surface area (Å²) in [4.78, 5) is 15.7. The van der Waals surface area contributed by atoms with E-state index in [1.54, 1.807) is 12.1 Å². The third kappa shape index (κ3) is 4.73. The van der Waals surface area contributed by atoms with Gasteiger partial charge in [0.1, 0.15) is 18.1 Å². The summed E-state index contributed by atoms with van der Waals surface area (Å²) in [6.07, 6.45) is 0. The molecule has 26 heavy (non-hydrogen) atoms. The van der Waals surface area contributed by atoms with E-state index >= 15 is 0 Å². The van der Waals surface area contributed by atoms with E-state index in [-0.39, 0.29) is 11.8 Å². The summed E-state index contributed by atoms with van der Waals surface area (Å²) >= 11 is 0. The summed E-state index contributed by atoms with van der Waals surface area (Å²) in [5.74, 6) is 0.478. The van der Waals surface area contributed by atoms with Crippen LogP contribution in [0.5, 0.6) is 5.75 Å². The molecule has 2 aromatic carbocycles. The van der Waals surface area contributed by atoms with Crippen LogP contribution in [0.4, 0.5) is 14.9 Å². The van der Waals surface area contributed by atoms with E-state index in [2.05, 4.69) is 5.32 Å². The van der Waals surface area contributed by atoms with Gasteiger partial charge in [-0.1, -0.05) is 24.3 Å². The fraction of sp³-hybridized carbons (Fsp3) is 0.350. The molecular formula is C20H25FN3O2+. The summed E-state index contributed by atoms with van der Waals surface area (Å²) in [7, 11) is 0. The Bertz CT molecular complexity index is 745. The number of para-hydroxylation sites is 2. The number of ether oxygens (including phenoxy) is 1. The van der Waals surface area contributed by atoms with Crippen molar-refractivity contribution in [2.24, 2.45) is 0 Å². The van der Waals surface area contributed by atoms with Crippen molar-refractivity contribution in [2.75, 3.05) is 38.1 Å². The summed E-state index contributed by atoms with van der Waals surface area (Å²) < 4.78 is 18.9. The van der Waals surface area contributed by atoms with Gasteiger partial charge in [0.15, 0.2) is 0 Å². The molecule has 0 saturated carbocycles. The second kappa shape index (κ2) is 8.67. The van der Waals surface area contributed by atoms with Gasteiger partial charge in [-0.2, -0.15) is 0 Å². The van der Waals surface area contributed by atoms with Gasteiger partial charge in [0.2, 0.25) is 0 Å². The molecule has 5 nitrogen and oxygen atoms in total. The van der Waals surface area contributed by atoms with Gasteiger partial charge in [-0.15, -0.1) is 0 Å². The van der Waals surface area contributed by atoms with Crippen molar-refractivity contribution >= 4 is 11.7 Å². The van der Waals surface area contributed by atoms with Gasteiger partial charge in [-0.25, -0.2) is 9.18 Å². The van der Waals surface area contributed by atoms with Crippen molar-refractivity contribution in [3.8, 4) is 5.75 Å². The highest BCUT2D eigenvalue weighted by atomic mass is 19.1. The minimum Gasteiger partial charge on any atom is -0.492 e. The van der Waals surface area contributed by atoms with E-state index in [9.17, 15) is 9.18 Å². The van der Waals surface area contributed by atoms with Crippen LogP contribution >= 0.6 is 0 Å². The highest BCUT2D eigenvalue weighted by Gasteiger charge is 2.24. The molecule has 0 bridgehead atoms. The first-order valence-corrected chi connectivity index (χ1v) is 9.01. The fourth-order valence-corrected chi connectivity index (χ4v) is 3.18. The number of halogens is 1. The minimum absolute atomic E-state index is 0.109. The number of piperazine rings is 1. The van der Waals surface area contributed by atoms with Crippen LogP contribution in [0.2, 0.25) is 0 Å². The first kappa shape index (κ1) is 18.2. The Labute approximate surface area is 153 Å². The lowest BCUT2D eigenvalue weighted by Crippen LogP contribution is -3.13. The topological polar surface area (TPSA) is 46.0 Å². The molecule has 1 heterocycles. The van der Waals surface area contributed by atoms with Crippen LogP contribution in [0.3, 0.4) is 0 Å². The third-order valence-corrected chi connectivity index (χ3v) is 4.53. The van der Waals surface area contributed by atoms with Crippen LogP contribution in [0.15, 0.2) is 48.5 Å². The number of quaternary nitrogens is 1. The monoisotopic (exact) mass is 358 g/mol. The second-order valence-corrected chi connectivity index (χ2v) is 6.40. The van der Waals surface area contributed by atoms with Crippen molar-refractivity contribution in [3.05, 3.63) is 59.9 Å². The molecule has 1 fully saturated rings. The Balaban J connectivity index is 1.52. The summed E-state index contributed by atoms with van der Waals surface area (Å²) in [5.41, 5.74) is 1.68. The normalized spacial score (nSPS) is 14.9. The van der Waals surface area contributed by atoms with Crippen LogP contribution in [0, 0.1) is 5.82 Å². The summed E-state index contributed by atoms with van der Waals surface area (Å²) in [5, 5.41) is 2.94. The predicted molar refractivity (Wildman–Crippen MR) is 99.0 cm³/mol. The van der Waals surface area contributed by atoms with Gasteiger partial charge in [0.25, 0.3) is 0 Å². The van der Waals surface area contributed by atoms with Crippen LogP contribution in [-0.2, 0) is 6.54 Å². The number of nitrogens with one attached hydrogen (secondary N) is 2. The molecule has 0 aliphatic carbocycles. The molecule has 1 aliphatic rings. The van der Waals surface area contributed by atoms with E-state index in [0.29, 0.717) is 31.1 Å². The van der Waals surface area contributed by atoms with Crippen molar-refractivity contribution < 1.29 is 18.8 Å². The van der Waals surface area contributed by atoms with E-state index in [0.717, 1.165) is 25.2 Å². The average Bonchev–Trinajstić information content (AvgIpc) is 2.64. The highest BCUT2D eigenvalue weighted by Crippen LogP contribution is 2.23. The van der Waals surface area contributed by atoms with Gasteiger partial charge in [-0.3, -0.25) is 0 Å². The number of amides is 2.